The molecule has 2 heterocycles. The first kappa shape index (κ1) is 11.4. The molecule has 0 radical (unpaired) electrons. The van der Waals surface area contributed by atoms with Crippen LogP contribution in [0.4, 0.5) is 0 Å². The molecule has 1 spiro atoms. The summed E-state index contributed by atoms with van der Waals surface area (Å²) < 4.78 is 5.98. The zero-order valence-corrected chi connectivity index (χ0v) is 10.8. The van der Waals surface area contributed by atoms with Crippen LogP contribution in [0.1, 0.15) is 48.2 Å². The molecule has 2 fully saturated rings. The first-order chi connectivity index (χ1) is 8.29. The molecular formula is C14H18O2S. The molecule has 1 aliphatic carbocycles. The second-order valence-corrected chi connectivity index (χ2v) is 6.22. The number of ether oxygens (including phenoxy) is 1. The molecule has 1 atom stereocenters. The van der Waals surface area contributed by atoms with Crippen LogP contribution in [0.5, 0.6) is 0 Å². The van der Waals surface area contributed by atoms with Crippen molar-refractivity contribution >= 4 is 17.1 Å². The lowest BCUT2D eigenvalue weighted by Gasteiger charge is -2.37. The van der Waals surface area contributed by atoms with Crippen molar-refractivity contribution in [3.05, 3.63) is 22.4 Å². The summed E-state index contributed by atoms with van der Waals surface area (Å²) >= 11 is 1.57. The van der Waals surface area contributed by atoms with Crippen LogP contribution in [0.3, 0.4) is 0 Å². The Bertz CT molecular complexity index is 390. The maximum atomic E-state index is 12.4. The Morgan fingerprint density at radius 2 is 2.24 bits per heavy atom. The van der Waals surface area contributed by atoms with Gasteiger partial charge in [0.15, 0.2) is 5.78 Å². The van der Waals surface area contributed by atoms with Crippen LogP contribution in [0.2, 0.25) is 0 Å². The van der Waals surface area contributed by atoms with Gasteiger partial charge in [-0.3, -0.25) is 4.79 Å². The minimum absolute atomic E-state index is 0.0514. The van der Waals surface area contributed by atoms with Crippen LogP contribution in [-0.2, 0) is 4.74 Å². The normalized spacial score (nSPS) is 27.4. The molecule has 0 N–H and O–H groups in total. The fourth-order valence-electron chi connectivity index (χ4n) is 3.24. The third-order valence-corrected chi connectivity index (χ3v) is 5.03. The molecule has 0 bridgehead atoms. The van der Waals surface area contributed by atoms with Gasteiger partial charge in [0.1, 0.15) is 0 Å². The minimum Gasteiger partial charge on any atom is -0.375 e. The van der Waals surface area contributed by atoms with E-state index in [0.717, 1.165) is 37.2 Å². The Morgan fingerprint density at radius 3 is 2.94 bits per heavy atom. The van der Waals surface area contributed by atoms with E-state index in [9.17, 15) is 4.79 Å². The second-order valence-electron chi connectivity index (χ2n) is 5.27. The number of thiophene rings is 1. The van der Waals surface area contributed by atoms with Gasteiger partial charge >= 0.3 is 0 Å². The largest absolute Gasteiger partial charge is 0.375 e. The predicted molar refractivity (Wildman–Crippen MR) is 68.5 cm³/mol. The summed E-state index contributed by atoms with van der Waals surface area (Å²) in [7, 11) is 0. The van der Waals surface area contributed by atoms with Crippen molar-refractivity contribution in [2.45, 2.75) is 44.1 Å². The fraction of sp³-hybridized carbons (Fsp3) is 0.643. The molecule has 1 saturated carbocycles. The van der Waals surface area contributed by atoms with E-state index in [1.54, 1.807) is 11.3 Å². The highest BCUT2D eigenvalue weighted by atomic mass is 32.1. The lowest BCUT2D eigenvalue weighted by Crippen LogP contribution is -2.39. The highest BCUT2D eigenvalue weighted by molar-refractivity contribution is 7.12. The van der Waals surface area contributed by atoms with Gasteiger partial charge in [-0.15, -0.1) is 11.3 Å². The summed E-state index contributed by atoms with van der Waals surface area (Å²) in [5.74, 6) is 0.537. The average Bonchev–Trinajstić information content (AvgIpc) is 3.00. The van der Waals surface area contributed by atoms with Crippen molar-refractivity contribution < 1.29 is 9.53 Å². The molecule has 2 nitrogen and oxygen atoms in total. The molecule has 1 aromatic heterocycles. The summed E-state index contributed by atoms with van der Waals surface area (Å²) in [5, 5.41) is 1.98. The molecule has 92 valence electrons. The van der Waals surface area contributed by atoms with Crippen molar-refractivity contribution in [3.63, 3.8) is 0 Å². The molecule has 0 amide bonds. The van der Waals surface area contributed by atoms with Crippen LogP contribution >= 0.6 is 11.3 Å². The Morgan fingerprint density at radius 1 is 1.41 bits per heavy atom. The highest BCUT2D eigenvalue weighted by Crippen LogP contribution is 2.42. The van der Waals surface area contributed by atoms with Gasteiger partial charge in [0.25, 0.3) is 0 Å². The van der Waals surface area contributed by atoms with Gasteiger partial charge < -0.3 is 4.74 Å². The van der Waals surface area contributed by atoms with E-state index >= 15 is 0 Å². The molecule has 3 heteroatoms. The van der Waals surface area contributed by atoms with Gasteiger partial charge in [-0.1, -0.05) is 18.9 Å². The Labute approximate surface area is 106 Å². The Kier molecular flexibility index (Phi) is 3.05. The van der Waals surface area contributed by atoms with Gasteiger partial charge in [0.05, 0.1) is 10.5 Å². The van der Waals surface area contributed by atoms with E-state index in [1.165, 1.54) is 12.8 Å². The summed E-state index contributed by atoms with van der Waals surface area (Å²) in [6, 6.07) is 3.91. The zero-order valence-electron chi connectivity index (χ0n) is 9.98. The van der Waals surface area contributed by atoms with E-state index in [1.807, 2.05) is 17.5 Å². The van der Waals surface area contributed by atoms with Crippen LogP contribution in [0, 0.1) is 5.92 Å². The summed E-state index contributed by atoms with van der Waals surface area (Å²) in [4.78, 5) is 13.3. The smallest absolute Gasteiger partial charge is 0.176 e. The Hall–Kier alpha value is -0.670. The minimum atomic E-state index is 0.0514. The van der Waals surface area contributed by atoms with Crippen molar-refractivity contribution in [1.82, 2.24) is 0 Å². The number of Topliss-reactive ketones (excluding diaryl/α,β-unsaturated/α-hetero) is 1. The summed E-state index contributed by atoms with van der Waals surface area (Å²) in [6.45, 7) is 0.766. The summed E-state index contributed by atoms with van der Waals surface area (Å²) in [6.07, 6.45) is 6.69. The Balaban J connectivity index is 1.73. The number of carbonyl (C=O) groups excluding carboxylic acids is 1. The SMILES string of the molecule is O=C(c1cccs1)C1CCOC2(CCCC2)C1. The van der Waals surface area contributed by atoms with E-state index in [2.05, 4.69) is 0 Å². The highest BCUT2D eigenvalue weighted by Gasteiger charge is 2.42. The maximum absolute atomic E-state index is 12.4. The lowest BCUT2D eigenvalue weighted by molar-refractivity contribution is -0.0865. The van der Waals surface area contributed by atoms with Gasteiger partial charge in [-0.05, 0) is 37.1 Å². The topological polar surface area (TPSA) is 26.3 Å². The van der Waals surface area contributed by atoms with Gasteiger partial charge in [0.2, 0.25) is 0 Å². The molecular weight excluding hydrogens is 232 g/mol. The predicted octanol–water partition coefficient (Wildman–Crippen LogP) is 3.67. The fourth-order valence-corrected chi connectivity index (χ4v) is 3.98. The van der Waals surface area contributed by atoms with Crippen LogP contribution in [-0.4, -0.2) is 18.0 Å². The van der Waals surface area contributed by atoms with Crippen molar-refractivity contribution in [3.8, 4) is 0 Å². The van der Waals surface area contributed by atoms with Crippen molar-refractivity contribution in [2.75, 3.05) is 6.61 Å². The molecule has 1 aromatic rings. The first-order valence-electron chi connectivity index (χ1n) is 6.51. The molecule has 1 saturated heterocycles. The number of rotatable bonds is 2. The average molecular weight is 250 g/mol. The van der Waals surface area contributed by atoms with Gasteiger partial charge in [-0.25, -0.2) is 0 Å². The quantitative estimate of drug-likeness (QED) is 0.749. The number of hydrogen-bond donors (Lipinski definition) is 0. The molecule has 1 aliphatic heterocycles. The third kappa shape index (κ3) is 2.18. The molecule has 3 rings (SSSR count). The monoisotopic (exact) mass is 250 g/mol. The van der Waals surface area contributed by atoms with E-state index in [0.29, 0.717) is 5.78 Å². The van der Waals surface area contributed by atoms with Crippen molar-refractivity contribution in [2.24, 2.45) is 5.92 Å². The van der Waals surface area contributed by atoms with E-state index in [-0.39, 0.29) is 11.5 Å². The third-order valence-electron chi connectivity index (χ3n) is 4.14. The molecule has 2 aliphatic rings. The zero-order chi connectivity index (χ0) is 11.7. The van der Waals surface area contributed by atoms with Crippen molar-refractivity contribution in [1.29, 1.82) is 0 Å². The first-order valence-corrected chi connectivity index (χ1v) is 7.39. The van der Waals surface area contributed by atoms with Gasteiger partial charge in [-0.2, -0.15) is 0 Å². The molecule has 17 heavy (non-hydrogen) atoms. The molecule has 0 aromatic carbocycles. The van der Waals surface area contributed by atoms with Crippen LogP contribution < -0.4 is 0 Å². The van der Waals surface area contributed by atoms with E-state index in [4.69, 9.17) is 4.74 Å². The van der Waals surface area contributed by atoms with Crippen LogP contribution in [0.15, 0.2) is 17.5 Å². The number of ketones is 1. The second kappa shape index (κ2) is 4.54. The standard InChI is InChI=1S/C14H18O2S/c15-13(12-4-3-9-17-12)11-5-8-16-14(10-11)6-1-2-7-14/h3-4,9,11H,1-2,5-8,10H2. The number of hydrogen-bond acceptors (Lipinski definition) is 3. The molecule has 1 unspecified atom stereocenters. The van der Waals surface area contributed by atoms with E-state index < -0.39 is 0 Å². The maximum Gasteiger partial charge on any atom is 0.176 e. The van der Waals surface area contributed by atoms with Crippen LogP contribution in [0.25, 0.3) is 0 Å². The number of carbonyl (C=O) groups is 1. The van der Waals surface area contributed by atoms with Gasteiger partial charge in [0, 0.05) is 12.5 Å². The summed E-state index contributed by atoms with van der Waals surface area (Å²) in [5.41, 5.74) is 0.0514. The lowest BCUT2D eigenvalue weighted by atomic mass is 9.82.